The minimum absolute atomic E-state index is 0.0806. The molecule has 1 heterocycles. The first-order valence-corrected chi connectivity index (χ1v) is 11.4. The number of carbonyl (C=O) groups is 1. The number of rotatable bonds is 6. The maximum absolute atomic E-state index is 14.6. The van der Waals surface area contributed by atoms with Gasteiger partial charge in [0, 0.05) is 6.54 Å². The molecule has 3 aromatic carbocycles. The Kier molecular flexibility index (Phi) is 6.98. The maximum Gasteiger partial charge on any atom is 0.259 e. The fourth-order valence-electron chi connectivity index (χ4n) is 4.49. The van der Waals surface area contributed by atoms with Gasteiger partial charge >= 0.3 is 0 Å². The van der Waals surface area contributed by atoms with Crippen LogP contribution in [-0.4, -0.2) is 38.2 Å². The lowest BCUT2D eigenvalue weighted by molar-refractivity contribution is 0.0584. The molecule has 7 heteroatoms. The number of methoxy groups -OCH3 is 2. The minimum Gasteiger partial charge on any atom is -0.493 e. The monoisotopic (exact) mass is 483 g/mol. The Bertz CT molecular complexity index is 1190. The Morgan fingerprint density at radius 1 is 1.06 bits per heavy atom. The Labute approximate surface area is 204 Å². The van der Waals surface area contributed by atoms with E-state index in [1.54, 1.807) is 19.1 Å². The summed E-state index contributed by atoms with van der Waals surface area (Å²) in [4.78, 5) is 15.2. The van der Waals surface area contributed by atoms with Crippen LogP contribution >= 0.6 is 11.6 Å². The van der Waals surface area contributed by atoms with Crippen molar-refractivity contribution in [1.29, 1.82) is 0 Å². The maximum atomic E-state index is 14.6. The van der Waals surface area contributed by atoms with Gasteiger partial charge < -0.3 is 19.1 Å². The summed E-state index contributed by atoms with van der Waals surface area (Å²) >= 11 is 6.23. The highest BCUT2D eigenvalue weighted by atomic mass is 35.5. The summed E-state index contributed by atoms with van der Waals surface area (Å²) in [5.41, 5.74) is 3.92. The zero-order valence-electron chi connectivity index (χ0n) is 19.7. The third-order valence-electron chi connectivity index (χ3n) is 6.04. The number of aryl methyl sites for hydroxylation is 2. The molecule has 1 aliphatic rings. The lowest BCUT2D eigenvalue weighted by Crippen LogP contribution is -2.43. The van der Waals surface area contributed by atoms with Gasteiger partial charge in [-0.15, -0.1) is 0 Å². The van der Waals surface area contributed by atoms with Crippen LogP contribution in [0.5, 0.6) is 17.2 Å². The summed E-state index contributed by atoms with van der Waals surface area (Å²) in [6.07, 6.45) is 0.577. The van der Waals surface area contributed by atoms with Crippen LogP contribution in [0.2, 0.25) is 5.02 Å². The molecule has 178 valence electrons. The number of halogens is 2. The van der Waals surface area contributed by atoms with E-state index in [-0.39, 0.29) is 17.2 Å². The third kappa shape index (κ3) is 4.68. The summed E-state index contributed by atoms with van der Waals surface area (Å²) in [6.45, 7) is 4.57. The summed E-state index contributed by atoms with van der Waals surface area (Å²) in [5.74, 6) is 0.756. The van der Waals surface area contributed by atoms with Crippen molar-refractivity contribution in [1.82, 2.24) is 4.90 Å². The van der Waals surface area contributed by atoms with Gasteiger partial charge in [-0.2, -0.15) is 0 Å². The second-order valence-corrected chi connectivity index (χ2v) is 8.81. The highest BCUT2D eigenvalue weighted by molar-refractivity contribution is 6.33. The van der Waals surface area contributed by atoms with Crippen LogP contribution in [0.15, 0.2) is 48.5 Å². The Hall–Kier alpha value is -3.25. The highest BCUT2D eigenvalue weighted by Gasteiger charge is 2.35. The standard InChI is InChI=1S/C27H27ClFNO4/c1-16-10-17(2)12-19(11-16)34-15-23-20-14-25(33-4)24(32-3)13-18(20)8-9-30(23)27(31)26-21(28)6-5-7-22(26)29/h5-7,10-14,23H,8-9,15H2,1-4H3. The first-order valence-electron chi connectivity index (χ1n) is 11.0. The molecule has 3 aromatic rings. The molecule has 0 bridgehead atoms. The molecule has 0 fully saturated rings. The topological polar surface area (TPSA) is 48.0 Å². The van der Waals surface area contributed by atoms with Gasteiger partial charge in [-0.3, -0.25) is 4.79 Å². The van der Waals surface area contributed by atoms with Crippen LogP contribution in [0, 0.1) is 19.7 Å². The van der Waals surface area contributed by atoms with Crippen molar-refractivity contribution in [3.63, 3.8) is 0 Å². The molecule has 1 atom stereocenters. The molecule has 0 aromatic heterocycles. The van der Waals surface area contributed by atoms with Crippen molar-refractivity contribution >= 4 is 17.5 Å². The number of benzene rings is 3. The van der Waals surface area contributed by atoms with Crippen LogP contribution in [0.4, 0.5) is 4.39 Å². The van der Waals surface area contributed by atoms with E-state index >= 15 is 0 Å². The normalized spacial score (nSPS) is 15.0. The van der Waals surface area contributed by atoms with E-state index in [2.05, 4.69) is 6.07 Å². The summed E-state index contributed by atoms with van der Waals surface area (Å²) in [5, 5.41) is 0.0806. The fraction of sp³-hybridized carbons (Fsp3) is 0.296. The molecule has 0 aliphatic carbocycles. The molecular formula is C27H27ClFNO4. The molecule has 0 radical (unpaired) electrons. The average Bonchev–Trinajstić information content (AvgIpc) is 2.80. The first-order chi connectivity index (χ1) is 16.3. The third-order valence-corrected chi connectivity index (χ3v) is 6.36. The predicted octanol–water partition coefficient (Wildman–Crippen LogP) is 5.93. The Balaban J connectivity index is 1.75. The van der Waals surface area contributed by atoms with Crippen LogP contribution in [0.25, 0.3) is 0 Å². The smallest absolute Gasteiger partial charge is 0.259 e. The van der Waals surface area contributed by atoms with Crippen molar-refractivity contribution in [2.75, 3.05) is 27.4 Å². The van der Waals surface area contributed by atoms with Gasteiger partial charge in [0.15, 0.2) is 11.5 Å². The molecule has 1 amide bonds. The van der Waals surface area contributed by atoms with Crippen molar-refractivity contribution in [3.8, 4) is 17.2 Å². The van der Waals surface area contributed by atoms with Crippen LogP contribution in [-0.2, 0) is 6.42 Å². The van der Waals surface area contributed by atoms with Crippen molar-refractivity contribution in [2.45, 2.75) is 26.3 Å². The predicted molar refractivity (Wildman–Crippen MR) is 130 cm³/mol. The average molecular weight is 484 g/mol. The summed E-state index contributed by atoms with van der Waals surface area (Å²) in [7, 11) is 3.15. The Morgan fingerprint density at radius 2 is 1.74 bits per heavy atom. The number of carbonyl (C=O) groups excluding carboxylic acids is 1. The van der Waals surface area contributed by atoms with Gasteiger partial charge in [-0.1, -0.05) is 23.7 Å². The quantitative estimate of drug-likeness (QED) is 0.436. The van der Waals surface area contributed by atoms with Gasteiger partial charge in [-0.05, 0) is 78.9 Å². The molecular weight excluding hydrogens is 457 g/mol. The van der Waals surface area contributed by atoms with E-state index in [9.17, 15) is 9.18 Å². The van der Waals surface area contributed by atoms with Gasteiger partial charge in [0.2, 0.25) is 0 Å². The highest BCUT2D eigenvalue weighted by Crippen LogP contribution is 2.39. The number of amides is 1. The zero-order chi connectivity index (χ0) is 24.4. The van der Waals surface area contributed by atoms with Gasteiger partial charge in [0.25, 0.3) is 5.91 Å². The van der Waals surface area contributed by atoms with E-state index in [0.717, 1.165) is 22.3 Å². The van der Waals surface area contributed by atoms with Gasteiger partial charge in [0.05, 0.1) is 30.8 Å². The number of nitrogens with zero attached hydrogens (tertiary/aromatic N) is 1. The van der Waals surface area contributed by atoms with Crippen LogP contribution in [0.1, 0.15) is 38.7 Å². The molecule has 0 spiro atoms. The Morgan fingerprint density at radius 3 is 2.38 bits per heavy atom. The number of fused-ring (bicyclic) bond motifs is 1. The number of hydrogen-bond donors (Lipinski definition) is 0. The molecule has 1 unspecified atom stereocenters. The lowest BCUT2D eigenvalue weighted by Gasteiger charge is -2.38. The number of ether oxygens (including phenoxy) is 3. The second-order valence-electron chi connectivity index (χ2n) is 8.40. The zero-order valence-corrected chi connectivity index (χ0v) is 20.4. The largest absolute Gasteiger partial charge is 0.493 e. The van der Waals surface area contributed by atoms with E-state index in [0.29, 0.717) is 30.2 Å². The fourth-order valence-corrected chi connectivity index (χ4v) is 4.73. The van der Waals surface area contributed by atoms with E-state index in [4.69, 9.17) is 25.8 Å². The molecule has 34 heavy (non-hydrogen) atoms. The van der Waals surface area contributed by atoms with E-state index in [1.165, 1.54) is 18.2 Å². The molecule has 4 rings (SSSR count). The first kappa shape index (κ1) is 23.9. The van der Waals surface area contributed by atoms with Crippen molar-refractivity contribution in [3.05, 3.63) is 87.2 Å². The van der Waals surface area contributed by atoms with E-state index < -0.39 is 17.8 Å². The van der Waals surface area contributed by atoms with E-state index in [1.807, 2.05) is 38.1 Å². The molecule has 5 nitrogen and oxygen atoms in total. The summed E-state index contributed by atoms with van der Waals surface area (Å²) in [6, 6.07) is 13.5. The number of hydrogen-bond acceptors (Lipinski definition) is 4. The molecule has 1 aliphatic heterocycles. The van der Waals surface area contributed by atoms with Gasteiger partial charge in [-0.25, -0.2) is 4.39 Å². The second kappa shape index (κ2) is 9.94. The van der Waals surface area contributed by atoms with Crippen molar-refractivity contribution < 1.29 is 23.4 Å². The van der Waals surface area contributed by atoms with Crippen LogP contribution in [0.3, 0.4) is 0 Å². The molecule has 0 N–H and O–H groups in total. The minimum atomic E-state index is -0.649. The van der Waals surface area contributed by atoms with Crippen molar-refractivity contribution in [2.24, 2.45) is 0 Å². The van der Waals surface area contributed by atoms with Gasteiger partial charge in [0.1, 0.15) is 18.2 Å². The SMILES string of the molecule is COc1cc2c(cc1OC)C(COc1cc(C)cc(C)c1)N(C(=O)c1c(F)cccc1Cl)CC2. The summed E-state index contributed by atoms with van der Waals surface area (Å²) < 4.78 is 31.8. The molecule has 0 saturated carbocycles. The lowest BCUT2D eigenvalue weighted by atomic mass is 9.91. The molecule has 0 saturated heterocycles. The van der Waals surface area contributed by atoms with Crippen LogP contribution < -0.4 is 14.2 Å².